The van der Waals surface area contributed by atoms with Crippen LogP contribution in [0.25, 0.3) is 11.4 Å². The SMILES string of the molecule is CC1(C)CC(n2nc(-c3ccc(Cl)nc3)nc2Cc2csc(Cl)c2)CCO1. The van der Waals surface area contributed by atoms with Crippen molar-refractivity contribution >= 4 is 34.5 Å². The molecular formula is C19H20Cl2N4OS. The molecule has 0 saturated carbocycles. The predicted octanol–water partition coefficient (Wildman–Crippen LogP) is 5.43. The molecule has 1 atom stereocenters. The summed E-state index contributed by atoms with van der Waals surface area (Å²) in [6.07, 6.45) is 4.21. The third kappa shape index (κ3) is 4.35. The van der Waals surface area contributed by atoms with Gasteiger partial charge in [0.2, 0.25) is 0 Å². The largest absolute Gasteiger partial charge is 0.375 e. The first kappa shape index (κ1) is 18.9. The molecule has 0 aliphatic carbocycles. The van der Waals surface area contributed by atoms with Gasteiger partial charge in [-0.15, -0.1) is 11.3 Å². The van der Waals surface area contributed by atoms with E-state index in [2.05, 4.69) is 28.9 Å². The summed E-state index contributed by atoms with van der Waals surface area (Å²) in [6, 6.07) is 5.89. The summed E-state index contributed by atoms with van der Waals surface area (Å²) in [4.78, 5) is 8.98. The highest BCUT2D eigenvalue weighted by molar-refractivity contribution is 7.14. The number of aromatic nitrogens is 4. The molecule has 1 aliphatic heterocycles. The Morgan fingerprint density at radius 3 is 2.85 bits per heavy atom. The van der Waals surface area contributed by atoms with Crippen molar-refractivity contribution in [2.24, 2.45) is 0 Å². The van der Waals surface area contributed by atoms with Crippen LogP contribution in [0.15, 0.2) is 29.8 Å². The summed E-state index contributed by atoms with van der Waals surface area (Å²) in [5, 5.41) is 7.36. The number of thiophene rings is 1. The van der Waals surface area contributed by atoms with E-state index >= 15 is 0 Å². The Kier molecular flexibility index (Phi) is 5.25. The zero-order chi connectivity index (χ0) is 19.0. The number of ether oxygens (including phenoxy) is 1. The van der Waals surface area contributed by atoms with Gasteiger partial charge in [-0.3, -0.25) is 0 Å². The summed E-state index contributed by atoms with van der Waals surface area (Å²) in [6.45, 7) is 4.97. The molecule has 0 aromatic carbocycles. The van der Waals surface area contributed by atoms with Crippen molar-refractivity contribution in [2.75, 3.05) is 6.61 Å². The summed E-state index contributed by atoms with van der Waals surface area (Å²) in [5.74, 6) is 1.59. The maximum atomic E-state index is 6.11. The van der Waals surface area contributed by atoms with E-state index in [0.29, 0.717) is 17.4 Å². The third-order valence-electron chi connectivity index (χ3n) is 4.69. The van der Waals surface area contributed by atoms with Gasteiger partial charge in [-0.2, -0.15) is 5.10 Å². The highest BCUT2D eigenvalue weighted by Crippen LogP contribution is 2.33. The normalized spacial score (nSPS) is 19.3. The second-order valence-electron chi connectivity index (χ2n) is 7.36. The molecular weight excluding hydrogens is 403 g/mol. The van der Waals surface area contributed by atoms with E-state index < -0.39 is 0 Å². The zero-order valence-electron chi connectivity index (χ0n) is 15.2. The summed E-state index contributed by atoms with van der Waals surface area (Å²) in [7, 11) is 0. The van der Waals surface area contributed by atoms with Crippen molar-refractivity contribution in [3.8, 4) is 11.4 Å². The van der Waals surface area contributed by atoms with Gasteiger partial charge < -0.3 is 4.74 Å². The van der Waals surface area contributed by atoms with E-state index in [9.17, 15) is 0 Å². The van der Waals surface area contributed by atoms with Crippen molar-refractivity contribution in [2.45, 2.75) is 44.8 Å². The van der Waals surface area contributed by atoms with Crippen LogP contribution in [0.5, 0.6) is 0 Å². The minimum absolute atomic E-state index is 0.167. The maximum absolute atomic E-state index is 6.11. The standard InChI is InChI=1S/C19H20Cl2N4OS/c1-19(2)9-14(5-6-26-19)25-17(8-12-7-16(21)27-11-12)23-18(24-25)13-3-4-15(20)22-10-13/h3-4,7,10-11,14H,5-6,8-9H2,1-2H3. The fourth-order valence-electron chi connectivity index (χ4n) is 3.43. The molecule has 0 amide bonds. The molecule has 5 nitrogen and oxygen atoms in total. The van der Waals surface area contributed by atoms with E-state index in [0.717, 1.165) is 40.7 Å². The lowest BCUT2D eigenvalue weighted by atomic mass is 9.94. The maximum Gasteiger partial charge on any atom is 0.182 e. The van der Waals surface area contributed by atoms with Crippen LogP contribution in [0.3, 0.4) is 0 Å². The molecule has 0 radical (unpaired) electrons. The smallest absolute Gasteiger partial charge is 0.182 e. The first-order chi connectivity index (χ1) is 12.9. The molecule has 0 N–H and O–H groups in total. The van der Waals surface area contributed by atoms with Crippen molar-refractivity contribution in [3.63, 3.8) is 0 Å². The van der Waals surface area contributed by atoms with E-state index in [-0.39, 0.29) is 11.6 Å². The monoisotopic (exact) mass is 422 g/mol. The molecule has 1 saturated heterocycles. The first-order valence-corrected chi connectivity index (χ1v) is 10.5. The van der Waals surface area contributed by atoms with Crippen molar-refractivity contribution in [1.29, 1.82) is 0 Å². The summed E-state index contributed by atoms with van der Waals surface area (Å²) in [5.41, 5.74) is 1.83. The summed E-state index contributed by atoms with van der Waals surface area (Å²) < 4.78 is 8.73. The molecule has 8 heteroatoms. The number of hydrogen-bond acceptors (Lipinski definition) is 5. The Morgan fingerprint density at radius 1 is 1.33 bits per heavy atom. The average Bonchev–Trinajstić information content (AvgIpc) is 3.21. The molecule has 3 aromatic heterocycles. The highest BCUT2D eigenvalue weighted by atomic mass is 35.5. The molecule has 142 valence electrons. The number of pyridine rings is 1. The van der Waals surface area contributed by atoms with Crippen LogP contribution in [-0.4, -0.2) is 32.0 Å². The quantitative estimate of drug-likeness (QED) is 0.525. The second-order valence-corrected chi connectivity index (χ2v) is 9.29. The Morgan fingerprint density at radius 2 is 2.19 bits per heavy atom. The van der Waals surface area contributed by atoms with Crippen molar-refractivity contribution < 1.29 is 4.74 Å². The Hall–Kier alpha value is -1.47. The molecule has 1 fully saturated rings. The van der Waals surface area contributed by atoms with Crippen LogP contribution >= 0.6 is 34.5 Å². The Labute approximate surface area is 172 Å². The zero-order valence-corrected chi connectivity index (χ0v) is 17.5. The minimum Gasteiger partial charge on any atom is -0.375 e. The molecule has 27 heavy (non-hydrogen) atoms. The predicted molar refractivity (Wildman–Crippen MR) is 109 cm³/mol. The fourth-order valence-corrected chi connectivity index (χ4v) is 4.45. The van der Waals surface area contributed by atoms with Crippen molar-refractivity contribution in [1.82, 2.24) is 19.7 Å². The topological polar surface area (TPSA) is 52.8 Å². The van der Waals surface area contributed by atoms with Gasteiger partial charge in [0.1, 0.15) is 11.0 Å². The number of rotatable bonds is 4. The van der Waals surface area contributed by atoms with Gasteiger partial charge in [-0.1, -0.05) is 23.2 Å². The third-order valence-corrected chi connectivity index (χ3v) is 6.05. The second kappa shape index (κ2) is 7.51. The van der Waals surface area contributed by atoms with Crippen LogP contribution in [0, 0.1) is 0 Å². The van der Waals surface area contributed by atoms with Gasteiger partial charge in [0, 0.05) is 24.8 Å². The average molecular weight is 423 g/mol. The molecule has 1 aliphatic rings. The molecule has 4 rings (SSSR count). The highest BCUT2D eigenvalue weighted by Gasteiger charge is 2.32. The van der Waals surface area contributed by atoms with E-state index in [1.165, 1.54) is 11.3 Å². The Balaban J connectivity index is 1.71. The number of nitrogens with zero attached hydrogens (tertiary/aromatic N) is 4. The summed E-state index contributed by atoms with van der Waals surface area (Å²) >= 11 is 13.6. The van der Waals surface area contributed by atoms with Gasteiger partial charge in [0.05, 0.1) is 16.0 Å². The minimum atomic E-state index is -0.167. The molecule has 0 bridgehead atoms. The van der Waals surface area contributed by atoms with E-state index in [1.54, 1.807) is 12.3 Å². The number of halogens is 2. The van der Waals surface area contributed by atoms with Crippen LogP contribution in [-0.2, 0) is 11.2 Å². The van der Waals surface area contributed by atoms with Gasteiger partial charge in [0.15, 0.2) is 5.82 Å². The number of hydrogen-bond donors (Lipinski definition) is 0. The molecule has 0 spiro atoms. The van der Waals surface area contributed by atoms with Crippen molar-refractivity contribution in [3.05, 3.63) is 50.7 Å². The van der Waals surface area contributed by atoms with Gasteiger partial charge in [0.25, 0.3) is 0 Å². The van der Waals surface area contributed by atoms with Gasteiger partial charge in [-0.25, -0.2) is 14.6 Å². The molecule has 4 heterocycles. The van der Waals surface area contributed by atoms with Crippen LogP contribution in [0.1, 0.15) is 44.1 Å². The lowest BCUT2D eigenvalue weighted by molar-refractivity contribution is -0.0711. The first-order valence-electron chi connectivity index (χ1n) is 8.84. The van der Waals surface area contributed by atoms with E-state index in [4.69, 9.17) is 38.0 Å². The fraction of sp³-hybridized carbons (Fsp3) is 0.421. The lowest BCUT2D eigenvalue weighted by Crippen LogP contribution is -2.36. The van der Waals surface area contributed by atoms with Crippen LogP contribution < -0.4 is 0 Å². The van der Waals surface area contributed by atoms with Gasteiger partial charge >= 0.3 is 0 Å². The Bertz CT molecular complexity index is 936. The van der Waals surface area contributed by atoms with E-state index in [1.807, 2.05) is 12.1 Å². The molecule has 3 aromatic rings. The van der Waals surface area contributed by atoms with Crippen LogP contribution in [0.4, 0.5) is 0 Å². The van der Waals surface area contributed by atoms with Gasteiger partial charge in [-0.05, 0) is 55.8 Å². The molecule has 1 unspecified atom stereocenters. The lowest BCUT2D eigenvalue weighted by Gasteiger charge is -2.35. The van der Waals surface area contributed by atoms with Crippen LogP contribution in [0.2, 0.25) is 9.49 Å².